The monoisotopic (exact) mass is 350 g/mol. The van der Waals surface area contributed by atoms with Crippen molar-refractivity contribution in [3.8, 4) is 0 Å². The summed E-state index contributed by atoms with van der Waals surface area (Å²) in [6.07, 6.45) is 1.95. The van der Waals surface area contributed by atoms with Crippen LogP contribution in [-0.2, 0) is 4.79 Å². The van der Waals surface area contributed by atoms with Crippen LogP contribution in [0.2, 0.25) is 0 Å². The third-order valence-corrected chi connectivity index (χ3v) is 4.72. The molecule has 2 aromatic rings. The number of rotatable bonds is 4. The third-order valence-electron chi connectivity index (χ3n) is 2.83. The number of carboxylic acid groups (broad SMARTS) is 1. The van der Waals surface area contributed by atoms with E-state index in [1.54, 1.807) is 17.8 Å². The van der Waals surface area contributed by atoms with E-state index in [2.05, 4.69) is 40.9 Å². The Morgan fingerprint density at radius 1 is 1.30 bits per heavy atom. The minimum absolute atomic E-state index is 0.195. The Balaban J connectivity index is 0.000000868. The third kappa shape index (κ3) is 7.20. The van der Waals surface area contributed by atoms with Crippen LogP contribution in [0.1, 0.15) is 32.8 Å². The highest BCUT2D eigenvalue weighted by Gasteiger charge is 2.07. The second-order valence-corrected chi connectivity index (χ2v) is 6.27. The fraction of sp³-hybridized carbons (Fsp3) is 0.316. The van der Waals surface area contributed by atoms with Gasteiger partial charge in [-0.25, -0.2) is 0 Å². The number of carboxylic acids is 1. The topological polar surface area (TPSA) is 37.3 Å². The van der Waals surface area contributed by atoms with Gasteiger partial charge in [-0.05, 0) is 41.6 Å². The molecule has 2 rings (SSSR count). The van der Waals surface area contributed by atoms with E-state index in [1.165, 1.54) is 16.3 Å². The van der Waals surface area contributed by atoms with Gasteiger partial charge in [-0.15, -0.1) is 27.6 Å². The van der Waals surface area contributed by atoms with Gasteiger partial charge in [0.05, 0.1) is 6.42 Å². The van der Waals surface area contributed by atoms with E-state index in [1.807, 2.05) is 32.9 Å². The van der Waals surface area contributed by atoms with Gasteiger partial charge in [0.2, 0.25) is 0 Å². The molecule has 1 atom stereocenters. The second-order valence-electron chi connectivity index (χ2n) is 4.55. The molecule has 1 N–H and O–H groups in total. The molecule has 0 aliphatic rings. The lowest BCUT2D eigenvalue weighted by atomic mass is 10.1. The van der Waals surface area contributed by atoms with Gasteiger partial charge in [-0.2, -0.15) is 0 Å². The van der Waals surface area contributed by atoms with Gasteiger partial charge < -0.3 is 5.11 Å². The number of aliphatic carboxylic acids is 1. The minimum Gasteiger partial charge on any atom is -0.481 e. The normalized spacial score (nSPS) is 9.26. The molecule has 0 aromatic heterocycles. The van der Waals surface area contributed by atoms with Crippen molar-refractivity contribution < 1.29 is 9.90 Å². The molecule has 1 unspecified atom stereocenters. The average Bonchev–Trinajstić information content (AvgIpc) is 2.54. The van der Waals surface area contributed by atoms with Crippen molar-refractivity contribution in [1.29, 1.82) is 0 Å². The Morgan fingerprint density at radius 3 is 2.35 bits per heavy atom. The first-order chi connectivity index (χ1) is 11.0. The molecule has 0 saturated carbocycles. The summed E-state index contributed by atoms with van der Waals surface area (Å²) < 4.78 is 0. The molecule has 2 aromatic carbocycles. The molecule has 2 nitrogen and oxygen atoms in total. The number of benzene rings is 2. The van der Waals surface area contributed by atoms with Crippen LogP contribution >= 0.6 is 21.0 Å². The first-order valence-corrected chi connectivity index (χ1v) is 9.27. The van der Waals surface area contributed by atoms with Crippen LogP contribution in [0.3, 0.4) is 0 Å². The molecule has 0 heterocycles. The molecule has 0 aliphatic carbocycles. The Labute approximate surface area is 146 Å². The molecule has 0 aliphatic heterocycles. The predicted octanol–water partition coefficient (Wildman–Crippen LogP) is 5.43. The van der Waals surface area contributed by atoms with Gasteiger partial charge >= 0.3 is 5.97 Å². The maximum Gasteiger partial charge on any atom is 0.304 e. The molecular formula is C19H27O2PS. The van der Waals surface area contributed by atoms with Crippen LogP contribution in [0.5, 0.6) is 0 Å². The second kappa shape index (κ2) is 12.2. The number of hydrogen-bond acceptors (Lipinski definition) is 2. The molecule has 0 fully saturated rings. The number of hydrogen-bond donors (Lipinski definition) is 1. The van der Waals surface area contributed by atoms with Crippen molar-refractivity contribution in [2.45, 2.75) is 39.0 Å². The van der Waals surface area contributed by atoms with E-state index in [-0.39, 0.29) is 6.42 Å². The number of fused-ring (bicyclic) bond motifs is 1. The lowest BCUT2D eigenvalue weighted by Gasteiger charge is -2.11. The van der Waals surface area contributed by atoms with Crippen molar-refractivity contribution in [3.05, 3.63) is 48.6 Å². The quantitative estimate of drug-likeness (QED) is 0.453. The van der Waals surface area contributed by atoms with Crippen molar-refractivity contribution in [2.24, 2.45) is 0 Å². The Morgan fingerprint density at radius 2 is 1.83 bits per heavy atom. The summed E-state index contributed by atoms with van der Waals surface area (Å²) in [5.74, 6) is -0.139. The fourth-order valence-electron chi connectivity index (χ4n) is 1.91. The number of allylic oxidation sites excluding steroid dienone is 1. The van der Waals surface area contributed by atoms with Crippen LogP contribution < -0.4 is 5.30 Å². The zero-order chi connectivity index (χ0) is 17.8. The van der Waals surface area contributed by atoms with E-state index < -0.39 is 5.97 Å². The number of thioether (sulfide) groups is 1. The van der Waals surface area contributed by atoms with Gasteiger partial charge in [0.1, 0.15) is 0 Å². The summed E-state index contributed by atoms with van der Waals surface area (Å²) in [7, 11) is 2.77. The Hall–Kier alpha value is -1.31. The van der Waals surface area contributed by atoms with Crippen LogP contribution in [0.4, 0.5) is 0 Å². The first-order valence-electron chi connectivity index (χ1n) is 7.70. The van der Waals surface area contributed by atoms with Crippen LogP contribution in [0.15, 0.2) is 47.9 Å². The minimum atomic E-state index is -0.745. The molecule has 126 valence electrons. The lowest BCUT2D eigenvalue weighted by molar-refractivity contribution is -0.136. The molecule has 0 amide bonds. The highest BCUT2D eigenvalue weighted by Crippen LogP contribution is 2.27. The van der Waals surface area contributed by atoms with Gasteiger partial charge in [-0.3, -0.25) is 4.79 Å². The van der Waals surface area contributed by atoms with Gasteiger partial charge in [0, 0.05) is 10.6 Å². The molecule has 0 saturated heterocycles. The van der Waals surface area contributed by atoms with Gasteiger partial charge in [0.15, 0.2) is 0 Å². The highest BCUT2D eigenvalue weighted by molar-refractivity contribution is 7.99. The number of carbonyl (C=O) groups is 1. The average molecular weight is 350 g/mol. The summed E-state index contributed by atoms with van der Waals surface area (Å²) in [5, 5.41) is 12.3. The fourth-order valence-corrected chi connectivity index (χ4v) is 3.52. The zero-order valence-electron chi connectivity index (χ0n) is 14.4. The SMILES string of the molecule is C=CC.CC.Cc1cc(SCCC(=O)O)c(P)c2ccccc12. The number of aryl methyl sites for hydroxylation is 1. The molecule has 23 heavy (non-hydrogen) atoms. The largest absolute Gasteiger partial charge is 0.481 e. The Bertz CT molecular complexity index is 639. The van der Waals surface area contributed by atoms with E-state index in [9.17, 15) is 4.79 Å². The van der Waals surface area contributed by atoms with E-state index in [0.717, 1.165) is 10.2 Å². The lowest BCUT2D eigenvalue weighted by Crippen LogP contribution is -2.02. The van der Waals surface area contributed by atoms with Crippen molar-refractivity contribution >= 4 is 43.0 Å². The molecular weight excluding hydrogens is 323 g/mol. The predicted molar refractivity (Wildman–Crippen MR) is 108 cm³/mol. The van der Waals surface area contributed by atoms with Crippen molar-refractivity contribution in [3.63, 3.8) is 0 Å². The molecule has 0 radical (unpaired) electrons. The van der Waals surface area contributed by atoms with Crippen LogP contribution in [-0.4, -0.2) is 16.8 Å². The summed E-state index contributed by atoms with van der Waals surface area (Å²) in [5.41, 5.74) is 1.23. The van der Waals surface area contributed by atoms with E-state index >= 15 is 0 Å². The van der Waals surface area contributed by atoms with Crippen LogP contribution in [0.25, 0.3) is 10.8 Å². The van der Waals surface area contributed by atoms with E-state index in [4.69, 9.17) is 5.11 Å². The zero-order valence-corrected chi connectivity index (χ0v) is 16.4. The van der Waals surface area contributed by atoms with Crippen LogP contribution in [0, 0.1) is 6.92 Å². The summed E-state index contributed by atoms with van der Waals surface area (Å²) >= 11 is 1.60. The van der Waals surface area contributed by atoms with E-state index in [0.29, 0.717) is 5.75 Å². The molecule has 0 bridgehead atoms. The Kier molecular flexibility index (Phi) is 11.5. The van der Waals surface area contributed by atoms with Gasteiger partial charge in [-0.1, -0.05) is 44.2 Å². The van der Waals surface area contributed by atoms with Crippen molar-refractivity contribution in [2.75, 3.05) is 5.75 Å². The summed E-state index contributed by atoms with van der Waals surface area (Å²) in [4.78, 5) is 11.7. The standard InChI is InChI=1S/C14H15O2PS.C3H6.C2H6/c1-9-8-12(18-7-6-13(15)16)14(17)11-5-3-2-4-10(9)11;1-3-2;1-2/h2-5,8H,6-7,17H2,1H3,(H,15,16);3H,1H2,2H3;1-2H3. The first kappa shape index (κ1) is 21.7. The van der Waals surface area contributed by atoms with Crippen molar-refractivity contribution in [1.82, 2.24) is 0 Å². The highest BCUT2D eigenvalue weighted by atomic mass is 32.2. The maximum absolute atomic E-state index is 10.5. The maximum atomic E-state index is 10.5. The summed E-state index contributed by atoms with van der Waals surface area (Å²) in [6.45, 7) is 11.3. The summed E-state index contributed by atoms with van der Waals surface area (Å²) in [6, 6.07) is 10.4. The molecule has 0 spiro atoms. The van der Waals surface area contributed by atoms with Gasteiger partial charge in [0.25, 0.3) is 0 Å². The molecule has 4 heteroatoms. The smallest absolute Gasteiger partial charge is 0.304 e.